The fraction of sp³-hybridized carbons (Fsp3) is 0.241. The Bertz CT molecular complexity index is 1700. The average Bonchev–Trinajstić information content (AvgIpc) is 3.45. The molecule has 2 heterocycles. The predicted octanol–water partition coefficient (Wildman–Crippen LogP) is 4.04. The Morgan fingerprint density at radius 1 is 1.07 bits per heavy atom. The minimum absolute atomic E-state index is 0.0718. The van der Waals surface area contributed by atoms with Crippen molar-refractivity contribution in [3.8, 4) is 11.1 Å². The van der Waals surface area contributed by atoms with E-state index in [-0.39, 0.29) is 47.3 Å². The molecule has 1 aliphatic carbocycles. The summed E-state index contributed by atoms with van der Waals surface area (Å²) in [5, 5.41) is 16.2. The fourth-order valence-electron chi connectivity index (χ4n) is 5.24. The molecule has 0 radical (unpaired) electrons. The van der Waals surface area contributed by atoms with E-state index in [4.69, 9.17) is 5.73 Å². The van der Waals surface area contributed by atoms with Gasteiger partial charge < -0.3 is 16.2 Å². The molecule has 0 spiro atoms. The van der Waals surface area contributed by atoms with Gasteiger partial charge in [0.1, 0.15) is 24.0 Å². The number of halogens is 6. The van der Waals surface area contributed by atoms with E-state index in [0.717, 1.165) is 22.9 Å². The van der Waals surface area contributed by atoms with E-state index in [9.17, 15) is 41.0 Å². The van der Waals surface area contributed by atoms with Crippen molar-refractivity contribution in [1.29, 1.82) is 0 Å². The van der Waals surface area contributed by atoms with Crippen LogP contribution in [0.5, 0.6) is 0 Å². The minimum Gasteiger partial charge on any atom is -0.392 e. The minimum atomic E-state index is -4.80. The second-order valence-electron chi connectivity index (χ2n) is 10.1. The zero-order chi connectivity index (χ0) is 31.1. The molecule has 2 atom stereocenters. The lowest BCUT2D eigenvalue weighted by atomic mass is 9.94. The van der Waals surface area contributed by atoms with Crippen molar-refractivity contribution < 1.29 is 41.0 Å². The number of primary amides is 1. The number of hydrogen-bond donors (Lipinski definition) is 3. The number of aliphatic hydroxyl groups is 1. The number of aromatic nitrogens is 3. The number of alkyl halides is 3. The highest BCUT2D eigenvalue weighted by Crippen LogP contribution is 2.37. The maximum absolute atomic E-state index is 14.2. The molecule has 1 aliphatic rings. The second kappa shape index (κ2) is 11.5. The van der Waals surface area contributed by atoms with Crippen LogP contribution >= 0.6 is 0 Å². The molecule has 2 aromatic carbocycles. The molecular formula is C29H23F6N5O3. The summed E-state index contributed by atoms with van der Waals surface area (Å²) in [6.07, 6.45) is -5.09. The average molecular weight is 604 g/mol. The van der Waals surface area contributed by atoms with Crippen LogP contribution in [0.2, 0.25) is 0 Å². The molecule has 5 rings (SSSR count). The molecule has 1 unspecified atom stereocenters. The molecule has 43 heavy (non-hydrogen) atoms. The number of fused-ring (bicyclic) bond motifs is 1. The third kappa shape index (κ3) is 6.38. The standard InChI is InChI=1S/C29H23F6N5O3/c30-16-6-14(7-17(31)10-16)8-23(26-19(2-1-5-37-26)15-3-4-22(32)20(9-15)28(36)43)38-25(42)13-40-24-12-18(41)11-21(24)27(39-40)29(33,34)35/h1-7,9-10,18,23,41H,8,11-13H2,(H2,36,43)(H,38,42)/t18?,23-/m0/s1. The third-order valence-electron chi connectivity index (χ3n) is 7.01. The first kappa shape index (κ1) is 29.8. The molecule has 0 bridgehead atoms. The van der Waals surface area contributed by atoms with Crippen LogP contribution < -0.4 is 11.1 Å². The van der Waals surface area contributed by atoms with Crippen LogP contribution in [0.15, 0.2) is 54.7 Å². The van der Waals surface area contributed by atoms with Gasteiger partial charge in [-0.2, -0.15) is 18.3 Å². The summed E-state index contributed by atoms with van der Waals surface area (Å²) in [5.74, 6) is -4.46. The largest absolute Gasteiger partial charge is 0.435 e. The Labute approximate surface area is 240 Å². The second-order valence-corrected chi connectivity index (χ2v) is 10.1. The number of pyridine rings is 1. The summed E-state index contributed by atoms with van der Waals surface area (Å²) in [6, 6.07) is 8.30. The van der Waals surface area contributed by atoms with Gasteiger partial charge in [-0.25, -0.2) is 13.2 Å². The number of carbonyl (C=O) groups is 2. The van der Waals surface area contributed by atoms with Gasteiger partial charge in [0.15, 0.2) is 5.69 Å². The molecule has 0 saturated carbocycles. The van der Waals surface area contributed by atoms with Crippen molar-refractivity contribution >= 4 is 11.8 Å². The lowest BCUT2D eigenvalue weighted by molar-refractivity contribution is -0.142. The monoisotopic (exact) mass is 603 g/mol. The number of nitrogens with zero attached hydrogens (tertiary/aromatic N) is 3. The van der Waals surface area contributed by atoms with E-state index in [1.165, 1.54) is 24.4 Å². The maximum atomic E-state index is 14.2. The molecule has 0 fully saturated rings. The van der Waals surface area contributed by atoms with E-state index in [2.05, 4.69) is 15.4 Å². The van der Waals surface area contributed by atoms with Crippen molar-refractivity contribution in [3.63, 3.8) is 0 Å². The summed E-state index contributed by atoms with van der Waals surface area (Å²) in [7, 11) is 0. The zero-order valence-electron chi connectivity index (χ0n) is 22.1. The number of carbonyl (C=O) groups excluding carboxylic acids is 2. The van der Waals surface area contributed by atoms with Gasteiger partial charge in [-0.3, -0.25) is 19.3 Å². The van der Waals surface area contributed by atoms with Gasteiger partial charge in [-0.05, 0) is 47.9 Å². The summed E-state index contributed by atoms with van der Waals surface area (Å²) in [6.45, 7) is -0.663. The molecule has 4 N–H and O–H groups in total. The normalized spacial score (nSPS) is 15.3. The van der Waals surface area contributed by atoms with E-state index >= 15 is 0 Å². The topological polar surface area (TPSA) is 123 Å². The highest BCUT2D eigenvalue weighted by Gasteiger charge is 2.42. The van der Waals surface area contributed by atoms with Crippen molar-refractivity contribution in [3.05, 3.63) is 106 Å². The molecule has 4 aromatic rings. The van der Waals surface area contributed by atoms with Crippen LogP contribution in [0.3, 0.4) is 0 Å². The lowest BCUT2D eigenvalue weighted by Gasteiger charge is -2.22. The summed E-state index contributed by atoms with van der Waals surface area (Å²) in [5.41, 5.74) is 4.46. The van der Waals surface area contributed by atoms with E-state index in [0.29, 0.717) is 11.6 Å². The first-order valence-electron chi connectivity index (χ1n) is 12.9. The van der Waals surface area contributed by atoms with Crippen molar-refractivity contribution in [2.24, 2.45) is 5.73 Å². The molecule has 8 nitrogen and oxygen atoms in total. The molecule has 0 aliphatic heterocycles. The highest BCUT2D eigenvalue weighted by molar-refractivity contribution is 5.94. The van der Waals surface area contributed by atoms with Crippen molar-refractivity contribution in [2.45, 2.75) is 44.1 Å². The van der Waals surface area contributed by atoms with Gasteiger partial charge in [0.25, 0.3) is 5.91 Å². The molecule has 224 valence electrons. The Kier molecular flexibility index (Phi) is 7.97. The Morgan fingerprint density at radius 3 is 2.47 bits per heavy atom. The Morgan fingerprint density at radius 2 is 1.79 bits per heavy atom. The molecule has 2 aromatic heterocycles. The van der Waals surface area contributed by atoms with Crippen LogP contribution in [0.25, 0.3) is 11.1 Å². The summed E-state index contributed by atoms with van der Waals surface area (Å²) >= 11 is 0. The van der Waals surface area contributed by atoms with Crippen LogP contribution in [-0.4, -0.2) is 37.8 Å². The van der Waals surface area contributed by atoms with Gasteiger partial charge in [0.2, 0.25) is 5.91 Å². The third-order valence-corrected chi connectivity index (χ3v) is 7.01. The van der Waals surface area contributed by atoms with Gasteiger partial charge in [0, 0.05) is 41.9 Å². The quantitative estimate of drug-likeness (QED) is 0.263. The zero-order valence-corrected chi connectivity index (χ0v) is 22.1. The van der Waals surface area contributed by atoms with Crippen molar-refractivity contribution in [2.75, 3.05) is 0 Å². The van der Waals surface area contributed by atoms with E-state index in [1.54, 1.807) is 6.07 Å². The smallest absolute Gasteiger partial charge is 0.392 e. The van der Waals surface area contributed by atoms with Crippen LogP contribution in [0.4, 0.5) is 26.3 Å². The number of rotatable bonds is 8. The van der Waals surface area contributed by atoms with E-state index in [1.807, 2.05) is 0 Å². The summed E-state index contributed by atoms with van der Waals surface area (Å²) < 4.78 is 83.9. The fourth-order valence-corrected chi connectivity index (χ4v) is 5.24. The number of aliphatic hydroxyl groups excluding tert-OH is 1. The Balaban J connectivity index is 1.52. The van der Waals surface area contributed by atoms with Crippen molar-refractivity contribution in [1.82, 2.24) is 20.1 Å². The highest BCUT2D eigenvalue weighted by atomic mass is 19.4. The van der Waals surface area contributed by atoms with Gasteiger partial charge in [0.05, 0.1) is 23.4 Å². The molecular weight excluding hydrogens is 580 g/mol. The number of nitrogens with one attached hydrogen (secondary N) is 1. The predicted molar refractivity (Wildman–Crippen MR) is 140 cm³/mol. The molecule has 2 amide bonds. The molecule has 0 saturated heterocycles. The van der Waals surface area contributed by atoms with Crippen LogP contribution in [0.1, 0.15) is 44.6 Å². The number of hydrogen-bond acceptors (Lipinski definition) is 5. The number of amides is 2. The lowest BCUT2D eigenvalue weighted by Crippen LogP contribution is -2.34. The number of benzene rings is 2. The molecule has 14 heteroatoms. The summed E-state index contributed by atoms with van der Waals surface area (Å²) in [4.78, 5) is 29.4. The number of nitrogens with two attached hydrogens (primary N) is 1. The SMILES string of the molecule is NC(=O)c1cc(-c2cccnc2[C@H](Cc2cc(F)cc(F)c2)NC(=O)Cn2nc(C(F)(F)F)c3c2CC(O)C3)ccc1F. The van der Waals surface area contributed by atoms with Crippen LogP contribution in [-0.2, 0) is 36.8 Å². The van der Waals surface area contributed by atoms with Gasteiger partial charge >= 0.3 is 6.18 Å². The van der Waals surface area contributed by atoms with Crippen LogP contribution in [0, 0.1) is 17.5 Å². The first-order chi connectivity index (χ1) is 20.3. The van der Waals surface area contributed by atoms with Gasteiger partial charge in [-0.1, -0.05) is 12.1 Å². The maximum Gasteiger partial charge on any atom is 0.435 e. The Hall–Kier alpha value is -4.72. The van der Waals surface area contributed by atoms with Gasteiger partial charge in [-0.15, -0.1) is 0 Å². The first-order valence-corrected chi connectivity index (χ1v) is 12.9. The van der Waals surface area contributed by atoms with E-state index < -0.39 is 65.4 Å².